The molecule has 0 unspecified atom stereocenters. The van der Waals surface area contributed by atoms with E-state index in [1.165, 1.54) is 11.1 Å². The maximum absolute atomic E-state index is 5.71. The molecule has 0 saturated heterocycles. The maximum Gasteiger partial charge on any atom is 0.122 e. The minimum atomic E-state index is 0.186. The van der Waals surface area contributed by atoms with Crippen molar-refractivity contribution in [1.29, 1.82) is 0 Å². The monoisotopic (exact) mass is 248 g/mol. The molecule has 18 heavy (non-hydrogen) atoms. The van der Waals surface area contributed by atoms with Crippen LogP contribution in [0, 0.1) is 5.41 Å². The van der Waals surface area contributed by atoms with Crippen molar-refractivity contribution in [2.45, 2.75) is 26.7 Å². The highest BCUT2D eigenvalue weighted by molar-refractivity contribution is 5.39. The Kier molecular flexibility index (Phi) is 4.25. The first-order valence-electron chi connectivity index (χ1n) is 6.76. The molecule has 100 valence electrons. The van der Waals surface area contributed by atoms with Crippen molar-refractivity contribution in [1.82, 2.24) is 5.32 Å². The summed E-state index contributed by atoms with van der Waals surface area (Å²) in [6.45, 7) is 7.90. The average molecular weight is 248 g/mol. The van der Waals surface area contributed by atoms with Gasteiger partial charge < -0.3 is 15.8 Å². The molecule has 0 radical (unpaired) electrons. The number of benzene rings is 1. The Morgan fingerprint density at radius 1 is 1.39 bits per heavy atom. The van der Waals surface area contributed by atoms with Crippen molar-refractivity contribution in [3.63, 3.8) is 0 Å². The third-order valence-corrected chi connectivity index (χ3v) is 3.50. The lowest BCUT2D eigenvalue weighted by Gasteiger charge is -2.22. The van der Waals surface area contributed by atoms with Gasteiger partial charge in [-0.2, -0.15) is 0 Å². The van der Waals surface area contributed by atoms with Crippen molar-refractivity contribution in [2.24, 2.45) is 11.1 Å². The first-order chi connectivity index (χ1) is 8.61. The van der Waals surface area contributed by atoms with Crippen molar-refractivity contribution in [3.05, 3.63) is 29.3 Å². The zero-order valence-corrected chi connectivity index (χ0v) is 11.5. The summed E-state index contributed by atoms with van der Waals surface area (Å²) in [5, 5.41) is 3.48. The number of rotatable bonds is 6. The van der Waals surface area contributed by atoms with E-state index in [9.17, 15) is 0 Å². The average Bonchev–Trinajstić information content (AvgIpc) is 2.82. The summed E-state index contributed by atoms with van der Waals surface area (Å²) in [6, 6.07) is 6.54. The molecule has 1 aromatic carbocycles. The molecule has 0 aliphatic carbocycles. The highest BCUT2D eigenvalue weighted by atomic mass is 16.5. The van der Waals surface area contributed by atoms with Gasteiger partial charge in [0.15, 0.2) is 0 Å². The second-order valence-corrected chi connectivity index (χ2v) is 5.84. The minimum absolute atomic E-state index is 0.186. The summed E-state index contributed by atoms with van der Waals surface area (Å²) in [5.41, 5.74) is 8.64. The van der Waals surface area contributed by atoms with Crippen LogP contribution in [0.3, 0.4) is 0 Å². The Bertz CT molecular complexity index is 401. The predicted octanol–water partition coefficient (Wildman–Crippen LogP) is 1.74. The van der Waals surface area contributed by atoms with E-state index in [2.05, 4.69) is 37.4 Å². The van der Waals surface area contributed by atoms with Crippen molar-refractivity contribution < 1.29 is 4.74 Å². The number of nitrogens with two attached hydrogens (primary N) is 1. The van der Waals surface area contributed by atoms with E-state index >= 15 is 0 Å². The zero-order valence-electron chi connectivity index (χ0n) is 11.5. The number of hydrogen-bond donors (Lipinski definition) is 2. The SMILES string of the molecule is CC(C)(CN)CNCCc1ccc2c(c1)CCO2. The van der Waals surface area contributed by atoms with Crippen molar-refractivity contribution in [3.8, 4) is 5.75 Å². The van der Waals surface area contributed by atoms with Gasteiger partial charge in [0.05, 0.1) is 6.61 Å². The molecular formula is C15H24N2O. The smallest absolute Gasteiger partial charge is 0.122 e. The highest BCUT2D eigenvalue weighted by Crippen LogP contribution is 2.25. The van der Waals surface area contributed by atoms with Crippen LogP contribution in [0.5, 0.6) is 5.75 Å². The van der Waals surface area contributed by atoms with Crippen LogP contribution in [-0.2, 0) is 12.8 Å². The topological polar surface area (TPSA) is 47.3 Å². The van der Waals surface area contributed by atoms with Gasteiger partial charge in [-0.15, -0.1) is 0 Å². The van der Waals surface area contributed by atoms with Gasteiger partial charge in [-0.3, -0.25) is 0 Å². The molecule has 0 atom stereocenters. The molecule has 0 saturated carbocycles. The summed E-state index contributed by atoms with van der Waals surface area (Å²) in [6.07, 6.45) is 2.12. The first-order valence-corrected chi connectivity index (χ1v) is 6.76. The Morgan fingerprint density at radius 3 is 3.00 bits per heavy atom. The summed E-state index contributed by atoms with van der Waals surface area (Å²) in [7, 11) is 0. The number of fused-ring (bicyclic) bond motifs is 1. The molecule has 3 N–H and O–H groups in total. The van der Waals surface area contributed by atoms with Crippen LogP contribution in [0.2, 0.25) is 0 Å². The molecule has 0 spiro atoms. The van der Waals surface area contributed by atoms with E-state index in [4.69, 9.17) is 10.5 Å². The summed E-state index contributed by atoms with van der Waals surface area (Å²) >= 11 is 0. The first kappa shape index (κ1) is 13.4. The van der Waals surface area contributed by atoms with Crippen LogP contribution in [-0.4, -0.2) is 26.2 Å². The summed E-state index contributed by atoms with van der Waals surface area (Å²) in [5.74, 6) is 1.07. The molecule has 1 aliphatic rings. The third-order valence-electron chi connectivity index (χ3n) is 3.50. The summed E-state index contributed by atoms with van der Waals surface area (Å²) in [4.78, 5) is 0. The van der Waals surface area contributed by atoms with Crippen LogP contribution in [0.25, 0.3) is 0 Å². The van der Waals surface area contributed by atoms with Gasteiger partial charge >= 0.3 is 0 Å². The Morgan fingerprint density at radius 2 is 2.22 bits per heavy atom. The predicted molar refractivity (Wildman–Crippen MR) is 75.1 cm³/mol. The lowest BCUT2D eigenvalue weighted by Crippen LogP contribution is -2.36. The molecule has 2 rings (SSSR count). The lowest BCUT2D eigenvalue weighted by molar-refractivity contribution is 0.353. The molecule has 0 amide bonds. The van der Waals surface area contributed by atoms with E-state index in [-0.39, 0.29) is 5.41 Å². The van der Waals surface area contributed by atoms with Crippen LogP contribution < -0.4 is 15.8 Å². The molecule has 1 heterocycles. The molecular weight excluding hydrogens is 224 g/mol. The van der Waals surface area contributed by atoms with Crippen molar-refractivity contribution in [2.75, 3.05) is 26.2 Å². The molecule has 0 bridgehead atoms. The molecule has 3 nitrogen and oxygen atoms in total. The van der Waals surface area contributed by atoms with Crippen LogP contribution >= 0.6 is 0 Å². The standard InChI is InChI=1S/C15H24N2O/c1-15(2,10-16)11-17-7-5-12-3-4-14-13(9-12)6-8-18-14/h3-4,9,17H,5-8,10-11,16H2,1-2H3. The Labute approximate surface area is 110 Å². The normalized spacial score (nSPS) is 14.4. The fraction of sp³-hybridized carbons (Fsp3) is 0.600. The largest absolute Gasteiger partial charge is 0.493 e. The Balaban J connectivity index is 1.77. The minimum Gasteiger partial charge on any atom is -0.493 e. The van der Waals surface area contributed by atoms with Gasteiger partial charge in [0.1, 0.15) is 5.75 Å². The maximum atomic E-state index is 5.71. The summed E-state index contributed by atoms with van der Waals surface area (Å²) < 4.78 is 5.51. The molecule has 1 aliphatic heterocycles. The van der Waals surface area contributed by atoms with Crippen LogP contribution in [0.1, 0.15) is 25.0 Å². The lowest BCUT2D eigenvalue weighted by atomic mass is 9.94. The van der Waals surface area contributed by atoms with E-state index in [0.29, 0.717) is 0 Å². The fourth-order valence-corrected chi connectivity index (χ4v) is 2.13. The molecule has 3 heteroatoms. The van der Waals surface area contributed by atoms with Gasteiger partial charge in [0, 0.05) is 13.0 Å². The van der Waals surface area contributed by atoms with Gasteiger partial charge in [-0.05, 0) is 42.1 Å². The van der Waals surface area contributed by atoms with Crippen LogP contribution in [0.15, 0.2) is 18.2 Å². The number of ether oxygens (including phenoxy) is 1. The number of hydrogen-bond acceptors (Lipinski definition) is 3. The second-order valence-electron chi connectivity index (χ2n) is 5.84. The van der Waals surface area contributed by atoms with Gasteiger partial charge in [0.2, 0.25) is 0 Å². The Hall–Kier alpha value is -1.06. The van der Waals surface area contributed by atoms with Crippen LogP contribution in [0.4, 0.5) is 0 Å². The van der Waals surface area contributed by atoms with Gasteiger partial charge in [-0.1, -0.05) is 26.0 Å². The van der Waals surface area contributed by atoms with Crippen molar-refractivity contribution >= 4 is 0 Å². The van der Waals surface area contributed by atoms with Gasteiger partial charge in [0.25, 0.3) is 0 Å². The quantitative estimate of drug-likeness (QED) is 0.754. The van der Waals surface area contributed by atoms with E-state index in [0.717, 1.165) is 44.8 Å². The van der Waals surface area contributed by atoms with Gasteiger partial charge in [-0.25, -0.2) is 0 Å². The zero-order chi connectivity index (χ0) is 13.0. The molecule has 0 fully saturated rings. The fourth-order valence-electron chi connectivity index (χ4n) is 2.13. The highest BCUT2D eigenvalue weighted by Gasteiger charge is 2.14. The third kappa shape index (κ3) is 3.47. The number of nitrogens with one attached hydrogen (secondary N) is 1. The van der Waals surface area contributed by atoms with E-state index < -0.39 is 0 Å². The van der Waals surface area contributed by atoms with E-state index in [1.807, 2.05) is 0 Å². The molecule has 0 aromatic heterocycles. The second kappa shape index (κ2) is 5.72. The molecule has 1 aromatic rings. The van der Waals surface area contributed by atoms with E-state index in [1.54, 1.807) is 0 Å².